The van der Waals surface area contributed by atoms with Crippen molar-refractivity contribution in [1.82, 2.24) is 4.90 Å². The number of rotatable bonds is 4. The van der Waals surface area contributed by atoms with Crippen LogP contribution in [0.15, 0.2) is 66.1 Å². The van der Waals surface area contributed by atoms with Crippen molar-refractivity contribution in [3.8, 4) is 5.75 Å². The minimum absolute atomic E-state index is 0.183. The zero-order chi connectivity index (χ0) is 24.0. The van der Waals surface area contributed by atoms with Crippen molar-refractivity contribution in [2.24, 2.45) is 0 Å². The standard InChI is InChI=1S/C24H21Cl2F3N2O2/c1-15-5-3-4-6-21-30(19-12-17(25)11-18(26)13-19)22(32)23(2,31(15)21)14-16-7-9-20(10-8-16)33-24(27,28)29/h5-13H,3-4,14H2,1-2H3/t23-/m1/s1. The summed E-state index contributed by atoms with van der Waals surface area (Å²) in [6.07, 6.45) is 1.16. The lowest BCUT2D eigenvalue weighted by Crippen LogP contribution is -2.47. The molecule has 1 fully saturated rings. The number of amides is 1. The summed E-state index contributed by atoms with van der Waals surface area (Å²) in [6.45, 7) is 3.78. The van der Waals surface area contributed by atoms with E-state index in [2.05, 4.69) is 10.8 Å². The molecule has 1 saturated heterocycles. The predicted octanol–water partition coefficient (Wildman–Crippen LogP) is 7.08. The van der Waals surface area contributed by atoms with E-state index in [0.29, 0.717) is 27.1 Å². The SMILES string of the molecule is CC1=CCCC=C2N(c3cc(Cl)cc(Cl)c3)C(=O)[C@@](C)(Cc3ccc(OC(F)(F)F)cc3)N12. The van der Waals surface area contributed by atoms with Gasteiger partial charge in [-0.2, -0.15) is 0 Å². The number of nitrogens with zero attached hydrogens (tertiary/aromatic N) is 2. The molecule has 2 aromatic carbocycles. The number of benzene rings is 2. The fourth-order valence-corrected chi connectivity index (χ4v) is 4.94. The Bertz CT molecular complexity index is 1130. The molecule has 1 amide bonds. The molecule has 1 atom stereocenters. The molecule has 0 radical (unpaired) electrons. The number of alkyl halides is 3. The molecule has 33 heavy (non-hydrogen) atoms. The van der Waals surface area contributed by atoms with E-state index in [0.717, 1.165) is 18.5 Å². The van der Waals surface area contributed by atoms with Crippen LogP contribution in [0.25, 0.3) is 0 Å². The molecule has 4 nitrogen and oxygen atoms in total. The number of ether oxygens (including phenoxy) is 1. The first-order valence-electron chi connectivity index (χ1n) is 10.3. The van der Waals surface area contributed by atoms with Gasteiger partial charge in [0.25, 0.3) is 5.91 Å². The number of allylic oxidation sites excluding steroid dienone is 3. The van der Waals surface area contributed by atoms with Crippen LogP contribution in [-0.2, 0) is 11.2 Å². The predicted molar refractivity (Wildman–Crippen MR) is 122 cm³/mol. The summed E-state index contributed by atoms with van der Waals surface area (Å²) in [6, 6.07) is 10.6. The van der Waals surface area contributed by atoms with Gasteiger partial charge in [0.2, 0.25) is 0 Å². The van der Waals surface area contributed by atoms with Crippen molar-refractivity contribution in [3.63, 3.8) is 0 Å². The van der Waals surface area contributed by atoms with E-state index in [1.54, 1.807) is 35.2 Å². The first-order chi connectivity index (χ1) is 15.5. The molecule has 2 aliphatic rings. The van der Waals surface area contributed by atoms with Gasteiger partial charge >= 0.3 is 6.36 Å². The van der Waals surface area contributed by atoms with Crippen molar-refractivity contribution in [1.29, 1.82) is 0 Å². The van der Waals surface area contributed by atoms with Crippen LogP contribution in [0.5, 0.6) is 5.75 Å². The van der Waals surface area contributed by atoms with Gasteiger partial charge in [-0.3, -0.25) is 9.69 Å². The largest absolute Gasteiger partial charge is 0.573 e. The first-order valence-corrected chi connectivity index (χ1v) is 11.1. The molecule has 0 saturated carbocycles. The average Bonchev–Trinajstić information content (AvgIpc) is 2.80. The zero-order valence-corrected chi connectivity index (χ0v) is 19.4. The van der Waals surface area contributed by atoms with E-state index in [4.69, 9.17) is 23.2 Å². The molecule has 4 rings (SSSR count). The molecule has 174 valence electrons. The second-order valence-corrected chi connectivity index (χ2v) is 9.10. The molecule has 0 unspecified atom stereocenters. The summed E-state index contributed by atoms with van der Waals surface area (Å²) >= 11 is 12.4. The highest BCUT2D eigenvalue weighted by atomic mass is 35.5. The van der Waals surface area contributed by atoms with Gasteiger partial charge in [-0.15, -0.1) is 13.2 Å². The second-order valence-electron chi connectivity index (χ2n) is 8.23. The molecular weight excluding hydrogens is 476 g/mol. The molecular formula is C24H21Cl2F3N2O2. The number of anilines is 1. The summed E-state index contributed by atoms with van der Waals surface area (Å²) in [7, 11) is 0. The lowest BCUT2D eigenvalue weighted by molar-refractivity contribution is -0.274. The van der Waals surface area contributed by atoms with Crippen LogP contribution < -0.4 is 9.64 Å². The Morgan fingerprint density at radius 2 is 1.64 bits per heavy atom. The maximum Gasteiger partial charge on any atom is 0.573 e. The van der Waals surface area contributed by atoms with Crippen LogP contribution in [0, 0.1) is 0 Å². The maximum absolute atomic E-state index is 13.9. The van der Waals surface area contributed by atoms with E-state index < -0.39 is 11.9 Å². The van der Waals surface area contributed by atoms with Crippen LogP contribution in [-0.4, -0.2) is 22.7 Å². The maximum atomic E-state index is 13.9. The fraction of sp³-hybridized carbons (Fsp3) is 0.292. The topological polar surface area (TPSA) is 32.8 Å². The van der Waals surface area contributed by atoms with E-state index in [-0.39, 0.29) is 18.1 Å². The fourth-order valence-electron chi connectivity index (χ4n) is 4.42. The number of hydrogen-bond donors (Lipinski definition) is 0. The number of hydrogen-bond acceptors (Lipinski definition) is 3. The summed E-state index contributed by atoms with van der Waals surface area (Å²) in [5.74, 6) is 0.220. The number of halogens is 5. The first kappa shape index (κ1) is 23.5. The van der Waals surface area contributed by atoms with E-state index in [1.807, 2.05) is 24.8 Å². The van der Waals surface area contributed by atoms with Gasteiger partial charge in [0.15, 0.2) is 0 Å². The van der Waals surface area contributed by atoms with Crippen molar-refractivity contribution < 1.29 is 22.7 Å². The van der Waals surface area contributed by atoms with Crippen LogP contribution in [0.1, 0.15) is 32.3 Å². The highest BCUT2D eigenvalue weighted by Crippen LogP contribution is 2.44. The molecule has 0 aromatic heterocycles. The van der Waals surface area contributed by atoms with Gasteiger partial charge in [0.1, 0.15) is 17.1 Å². The summed E-state index contributed by atoms with van der Waals surface area (Å²) < 4.78 is 41.5. The third kappa shape index (κ3) is 4.70. The Hall–Kier alpha value is -2.64. The Morgan fingerprint density at radius 1 is 1.03 bits per heavy atom. The van der Waals surface area contributed by atoms with Crippen LogP contribution >= 0.6 is 23.2 Å². The summed E-state index contributed by atoms with van der Waals surface area (Å²) in [5, 5.41) is 0.819. The van der Waals surface area contributed by atoms with Crippen molar-refractivity contribution in [2.45, 2.75) is 45.0 Å². The van der Waals surface area contributed by atoms with Crippen molar-refractivity contribution >= 4 is 34.8 Å². The Kier molecular flexibility index (Phi) is 6.14. The average molecular weight is 497 g/mol. The minimum atomic E-state index is -4.76. The quantitative estimate of drug-likeness (QED) is 0.453. The minimum Gasteiger partial charge on any atom is -0.406 e. The van der Waals surface area contributed by atoms with Gasteiger partial charge in [-0.1, -0.05) is 41.4 Å². The van der Waals surface area contributed by atoms with Crippen LogP contribution in [0.4, 0.5) is 18.9 Å². The van der Waals surface area contributed by atoms with Gasteiger partial charge < -0.3 is 9.64 Å². The normalized spacial score (nSPS) is 20.9. The molecule has 9 heteroatoms. The third-order valence-electron chi connectivity index (χ3n) is 5.71. The molecule has 2 heterocycles. The number of fused-ring (bicyclic) bond motifs is 1. The van der Waals surface area contributed by atoms with Crippen LogP contribution in [0.3, 0.4) is 0 Å². The number of carbonyl (C=O) groups excluding carboxylic acids is 1. The monoisotopic (exact) mass is 496 g/mol. The second kappa shape index (κ2) is 8.61. The Balaban J connectivity index is 1.74. The molecule has 0 N–H and O–H groups in total. The highest BCUT2D eigenvalue weighted by Gasteiger charge is 2.53. The zero-order valence-electron chi connectivity index (χ0n) is 17.9. The van der Waals surface area contributed by atoms with Crippen LogP contribution in [0.2, 0.25) is 10.0 Å². The van der Waals surface area contributed by atoms with Gasteiger partial charge in [0.05, 0.1) is 5.69 Å². The van der Waals surface area contributed by atoms with Gasteiger partial charge in [-0.05, 0) is 68.7 Å². The van der Waals surface area contributed by atoms with Crippen molar-refractivity contribution in [2.75, 3.05) is 4.90 Å². The number of carbonyl (C=O) groups is 1. The summed E-state index contributed by atoms with van der Waals surface area (Å²) in [4.78, 5) is 17.5. The Labute approximate surface area is 199 Å². The highest BCUT2D eigenvalue weighted by molar-refractivity contribution is 6.35. The lowest BCUT2D eigenvalue weighted by atomic mass is 9.90. The smallest absolute Gasteiger partial charge is 0.406 e. The van der Waals surface area contributed by atoms with E-state index >= 15 is 0 Å². The van der Waals surface area contributed by atoms with Gasteiger partial charge in [-0.25, -0.2) is 0 Å². The molecule has 0 bridgehead atoms. The molecule has 2 aromatic rings. The lowest BCUT2D eigenvalue weighted by Gasteiger charge is -2.34. The van der Waals surface area contributed by atoms with E-state index in [9.17, 15) is 18.0 Å². The van der Waals surface area contributed by atoms with Crippen molar-refractivity contribution in [3.05, 3.63) is 81.7 Å². The molecule has 0 aliphatic carbocycles. The molecule has 0 spiro atoms. The Morgan fingerprint density at radius 3 is 2.24 bits per heavy atom. The molecule has 2 aliphatic heterocycles. The van der Waals surface area contributed by atoms with Gasteiger partial charge in [0, 0.05) is 22.2 Å². The van der Waals surface area contributed by atoms with E-state index in [1.165, 1.54) is 12.1 Å². The third-order valence-corrected chi connectivity index (χ3v) is 6.15. The summed E-state index contributed by atoms with van der Waals surface area (Å²) in [5.41, 5.74) is 1.16.